The van der Waals surface area contributed by atoms with Gasteiger partial charge in [0.15, 0.2) is 0 Å². The lowest BCUT2D eigenvalue weighted by atomic mass is 10.3. The fourth-order valence-electron chi connectivity index (χ4n) is 0.111. The van der Waals surface area contributed by atoms with Crippen LogP contribution in [0.1, 0.15) is 13.3 Å². The van der Waals surface area contributed by atoms with Crippen molar-refractivity contribution in [2.24, 2.45) is 0 Å². The second-order valence-corrected chi connectivity index (χ2v) is 1.58. The highest BCUT2D eigenvalue weighted by Gasteiger charge is 1.83. The van der Waals surface area contributed by atoms with E-state index in [0.29, 0.717) is 0 Å². The first-order valence-electron chi connectivity index (χ1n) is 2.76. The molecular weight excluding hydrogens is 146 g/mol. The number of carbonyl (C=O) groups is 2. The number of rotatable bonds is 2. The first-order valence-corrected chi connectivity index (χ1v) is 2.76. The Kier molecular flexibility index (Phi) is 9.20. The zero-order chi connectivity index (χ0) is 9.28. The number of aliphatic carboxylic acids is 1. The number of carboxylic acids is 1. The van der Waals surface area contributed by atoms with E-state index in [2.05, 4.69) is 6.58 Å². The molecule has 4 nitrogen and oxygen atoms in total. The lowest BCUT2D eigenvalue weighted by molar-refractivity contribution is -0.131. The van der Waals surface area contributed by atoms with E-state index in [1.54, 1.807) is 6.07 Å². The van der Waals surface area contributed by atoms with Crippen molar-refractivity contribution in [3.05, 3.63) is 12.7 Å². The second kappa shape index (κ2) is 8.37. The molecule has 0 amide bonds. The zero-order valence-corrected chi connectivity index (χ0v) is 6.20. The van der Waals surface area contributed by atoms with Gasteiger partial charge in [0.25, 0.3) is 0 Å². The number of carboxylic acid groups (broad SMARTS) is 1. The summed E-state index contributed by atoms with van der Waals surface area (Å²) in [7, 11) is 0. The van der Waals surface area contributed by atoms with E-state index in [4.69, 9.17) is 10.4 Å². The van der Waals surface area contributed by atoms with Gasteiger partial charge in [-0.3, -0.25) is 4.79 Å². The molecule has 0 spiro atoms. The molecule has 11 heavy (non-hydrogen) atoms. The van der Waals surface area contributed by atoms with Gasteiger partial charge in [-0.15, -0.1) is 0 Å². The van der Waals surface area contributed by atoms with Crippen molar-refractivity contribution >= 4 is 11.8 Å². The molecule has 0 aromatic heterocycles. The molecule has 0 aliphatic heterocycles. The number of ketones is 1. The minimum atomic E-state index is -0.981. The molecule has 0 saturated carbocycles. The molecule has 0 radical (unpaired) electrons. The smallest absolute Gasteiger partial charge is 0.327 e. The first-order chi connectivity index (χ1) is 5.04. The van der Waals surface area contributed by atoms with Crippen molar-refractivity contribution in [2.75, 3.05) is 0 Å². The molecule has 1 N–H and O–H groups in total. The summed E-state index contributed by atoms with van der Waals surface area (Å²) in [4.78, 5) is 19.1. The summed E-state index contributed by atoms with van der Waals surface area (Å²) in [6.07, 6.45) is 0.875. The summed E-state index contributed by atoms with van der Waals surface area (Å²) in [6.45, 7) is 4.35. The van der Waals surface area contributed by atoms with Crippen molar-refractivity contribution in [3.63, 3.8) is 0 Å². The Bertz CT molecular complexity index is 190. The number of hydrogen-bond acceptors (Lipinski definition) is 3. The maximum atomic E-state index is 9.82. The molecule has 0 aliphatic carbocycles. The normalized spacial score (nSPS) is 6.55. The average Bonchev–Trinajstić information content (AvgIpc) is 1.89. The number of carbonyl (C=O) groups excluding carboxylic acids is 1. The van der Waals surface area contributed by atoms with E-state index in [-0.39, 0.29) is 12.2 Å². The fourth-order valence-corrected chi connectivity index (χ4v) is 0.111. The molecule has 0 atom stereocenters. The maximum Gasteiger partial charge on any atom is 0.327 e. The van der Waals surface area contributed by atoms with Gasteiger partial charge in [0.05, 0.1) is 12.5 Å². The van der Waals surface area contributed by atoms with Crippen LogP contribution >= 0.6 is 0 Å². The lowest BCUT2D eigenvalue weighted by Crippen LogP contribution is -1.82. The molecule has 0 aromatic rings. The van der Waals surface area contributed by atoms with Crippen molar-refractivity contribution in [1.82, 2.24) is 0 Å². The highest BCUT2D eigenvalue weighted by atomic mass is 16.4. The van der Waals surface area contributed by atoms with E-state index in [1.807, 2.05) is 0 Å². The van der Waals surface area contributed by atoms with Gasteiger partial charge in [0, 0.05) is 6.08 Å². The highest BCUT2D eigenvalue weighted by molar-refractivity contribution is 5.78. The van der Waals surface area contributed by atoms with Gasteiger partial charge >= 0.3 is 5.97 Å². The van der Waals surface area contributed by atoms with E-state index < -0.39 is 5.97 Å². The van der Waals surface area contributed by atoms with Crippen molar-refractivity contribution in [2.45, 2.75) is 13.3 Å². The van der Waals surface area contributed by atoms with Crippen LogP contribution in [0.15, 0.2) is 12.7 Å². The molecule has 0 bridgehead atoms. The number of Topliss-reactive ketones (excluding diaryl/α,β-unsaturated/α-hetero) is 1. The predicted molar refractivity (Wildman–Crippen MR) is 38.7 cm³/mol. The molecular formula is C7H9NO3. The van der Waals surface area contributed by atoms with Crippen LogP contribution in [0.25, 0.3) is 0 Å². The van der Waals surface area contributed by atoms with Gasteiger partial charge < -0.3 is 5.11 Å². The van der Waals surface area contributed by atoms with Crippen LogP contribution in [0.4, 0.5) is 0 Å². The minimum absolute atomic E-state index is 0.0417. The van der Waals surface area contributed by atoms with Crippen molar-refractivity contribution in [1.29, 1.82) is 5.26 Å². The molecule has 0 aliphatic rings. The molecule has 0 rings (SSSR count). The molecule has 0 fully saturated rings. The molecule has 0 heterocycles. The quantitative estimate of drug-likeness (QED) is 0.596. The Balaban J connectivity index is 0. The van der Waals surface area contributed by atoms with Crippen LogP contribution in [0, 0.1) is 11.3 Å². The molecule has 4 heteroatoms. The summed E-state index contributed by atoms with van der Waals surface area (Å²) in [6, 6.07) is 1.72. The largest absolute Gasteiger partial charge is 0.478 e. The van der Waals surface area contributed by atoms with Gasteiger partial charge in [-0.1, -0.05) is 6.58 Å². The summed E-state index contributed by atoms with van der Waals surface area (Å²) in [5.41, 5.74) is 0. The Morgan fingerprint density at radius 2 is 2.09 bits per heavy atom. The standard InChI is InChI=1S/C4H5NO.C3H4O2/c1-4(6)2-3-5;1-2-3(4)5/h2H2,1H3;2H,1H2,(H,4,5). The number of nitriles is 1. The van der Waals surface area contributed by atoms with Gasteiger partial charge in [-0.25, -0.2) is 4.79 Å². The fraction of sp³-hybridized carbons (Fsp3) is 0.286. The van der Waals surface area contributed by atoms with E-state index >= 15 is 0 Å². The third kappa shape index (κ3) is 29.9. The van der Waals surface area contributed by atoms with Crippen LogP contribution in [0.5, 0.6) is 0 Å². The molecule has 0 aromatic carbocycles. The first kappa shape index (κ1) is 12.1. The topological polar surface area (TPSA) is 78.2 Å². The SMILES string of the molecule is C=CC(=O)O.CC(=O)CC#N. The van der Waals surface area contributed by atoms with Gasteiger partial charge in [0.2, 0.25) is 0 Å². The van der Waals surface area contributed by atoms with Crippen molar-refractivity contribution in [3.8, 4) is 6.07 Å². The Morgan fingerprint density at radius 3 is 2.09 bits per heavy atom. The predicted octanol–water partition coefficient (Wildman–Crippen LogP) is 0.746. The van der Waals surface area contributed by atoms with E-state index in [0.717, 1.165) is 6.08 Å². The Labute approximate surface area is 64.8 Å². The summed E-state index contributed by atoms with van der Waals surface area (Å²) in [5, 5.41) is 15.4. The molecule has 0 unspecified atom stereocenters. The Hall–Kier alpha value is -1.63. The van der Waals surface area contributed by atoms with Crippen LogP contribution in [0.3, 0.4) is 0 Å². The van der Waals surface area contributed by atoms with Crippen molar-refractivity contribution < 1.29 is 14.7 Å². The zero-order valence-electron chi connectivity index (χ0n) is 6.20. The monoisotopic (exact) mass is 155 g/mol. The highest BCUT2D eigenvalue weighted by Crippen LogP contribution is 1.72. The molecule has 60 valence electrons. The second-order valence-electron chi connectivity index (χ2n) is 1.58. The third-order valence-electron chi connectivity index (χ3n) is 0.503. The van der Waals surface area contributed by atoms with E-state index in [1.165, 1.54) is 6.92 Å². The van der Waals surface area contributed by atoms with Crippen LogP contribution in [0.2, 0.25) is 0 Å². The summed E-state index contributed by atoms with van der Waals surface area (Å²) in [5.74, 6) is -1.05. The van der Waals surface area contributed by atoms with Gasteiger partial charge in [-0.2, -0.15) is 5.26 Å². The van der Waals surface area contributed by atoms with Gasteiger partial charge in [-0.05, 0) is 6.92 Å². The van der Waals surface area contributed by atoms with Crippen LogP contribution < -0.4 is 0 Å². The number of hydrogen-bond donors (Lipinski definition) is 1. The van der Waals surface area contributed by atoms with Gasteiger partial charge in [0.1, 0.15) is 5.78 Å². The van der Waals surface area contributed by atoms with Crippen LogP contribution in [-0.2, 0) is 9.59 Å². The average molecular weight is 155 g/mol. The maximum absolute atomic E-state index is 9.82. The van der Waals surface area contributed by atoms with Crippen LogP contribution in [-0.4, -0.2) is 16.9 Å². The molecule has 0 saturated heterocycles. The minimum Gasteiger partial charge on any atom is -0.478 e. The number of nitrogens with zero attached hydrogens (tertiary/aromatic N) is 1. The summed E-state index contributed by atoms with van der Waals surface area (Å²) >= 11 is 0. The van der Waals surface area contributed by atoms with E-state index in [9.17, 15) is 9.59 Å². The Morgan fingerprint density at radius 1 is 1.73 bits per heavy atom. The third-order valence-corrected chi connectivity index (χ3v) is 0.503. The summed E-state index contributed by atoms with van der Waals surface area (Å²) < 4.78 is 0. The lowest BCUT2D eigenvalue weighted by Gasteiger charge is -1.69.